The molecule has 2 fully saturated rings. The maximum Gasteiger partial charge on any atom is 0.239 e. The van der Waals surface area contributed by atoms with Crippen LogP contribution in [0.4, 0.5) is 0 Å². The average Bonchev–Trinajstić information content (AvgIpc) is 2.33. The van der Waals surface area contributed by atoms with Gasteiger partial charge in [0, 0.05) is 19.0 Å². The van der Waals surface area contributed by atoms with E-state index in [4.69, 9.17) is 0 Å². The van der Waals surface area contributed by atoms with Crippen LogP contribution < -0.4 is 10.7 Å². The minimum Gasteiger partial charge on any atom is -0.353 e. The van der Waals surface area contributed by atoms with Crippen LogP contribution in [0.5, 0.6) is 0 Å². The number of rotatable bonds is 2. The van der Waals surface area contributed by atoms with Gasteiger partial charge in [0.2, 0.25) is 11.8 Å². The Labute approximate surface area is 108 Å². The molecular weight excluding hydrogens is 230 g/mol. The van der Waals surface area contributed by atoms with Crippen molar-refractivity contribution in [2.75, 3.05) is 7.05 Å². The van der Waals surface area contributed by atoms with Crippen molar-refractivity contribution in [2.45, 2.75) is 51.6 Å². The zero-order chi connectivity index (χ0) is 13.3. The zero-order valence-corrected chi connectivity index (χ0v) is 11.4. The molecular formula is C13H23N3O2. The van der Waals surface area contributed by atoms with Crippen molar-refractivity contribution in [3.63, 3.8) is 0 Å². The number of carbonyl (C=O) groups is 2. The molecule has 0 aromatic heterocycles. The summed E-state index contributed by atoms with van der Waals surface area (Å²) in [6.45, 7) is 3.90. The third kappa shape index (κ3) is 2.51. The molecule has 18 heavy (non-hydrogen) atoms. The SMILES string of the molecule is CC(C)NC(=O)C1NN(C)C(=O)C2CCCCC21. The highest BCUT2D eigenvalue weighted by Gasteiger charge is 2.45. The van der Waals surface area contributed by atoms with Gasteiger partial charge in [0.15, 0.2) is 0 Å². The minimum absolute atomic E-state index is 0.0150. The van der Waals surface area contributed by atoms with Crippen molar-refractivity contribution < 1.29 is 9.59 Å². The van der Waals surface area contributed by atoms with E-state index in [-0.39, 0.29) is 35.7 Å². The Kier molecular flexibility index (Phi) is 3.90. The van der Waals surface area contributed by atoms with Crippen molar-refractivity contribution in [3.05, 3.63) is 0 Å². The lowest BCUT2D eigenvalue weighted by molar-refractivity contribution is -0.152. The molecule has 2 amide bonds. The first kappa shape index (κ1) is 13.3. The number of nitrogens with one attached hydrogen (secondary N) is 2. The molecule has 2 aliphatic rings. The summed E-state index contributed by atoms with van der Waals surface area (Å²) < 4.78 is 0. The van der Waals surface area contributed by atoms with Crippen LogP contribution >= 0.6 is 0 Å². The highest BCUT2D eigenvalue weighted by atomic mass is 16.2. The van der Waals surface area contributed by atoms with Crippen LogP contribution in [-0.4, -0.2) is 36.0 Å². The standard InChI is InChI=1S/C13H23N3O2/c1-8(2)14-12(17)11-9-6-4-5-7-10(9)13(18)16(3)15-11/h8-11,15H,4-7H2,1-3H3,(H,14,17). The van der Waals surface area contributed by atoms with Crippen LogP contribution in [0.1, 0.15) is 39.5 Å². The van der Waals surface area contributed by atoms with Crippen molar-refractivity contribution in [1.29, 1.82) is 0 Å². The molecule has 1 aliphatic heterocycles. The smallest absolute Gasteiger partial charge is 0.239 e. The van der Waals surface area contributed by atoms with Gasteiger partial charge in [-0.3, -0.25) is 14.6 Å². The maximum atomic E-state index is 12.2. The minimum atomic E-state index is -0.264. The predicted octanol–water partition coefficient (Wildman–Crippen LogP) is 0.663. The molecule has 0 aromatic rings. The Morgan fingerprint density at radius 3 is 2.72 bits per heavy atom. The second-order valence-electron chi connectivity index (χ2n) is 5.72. The highest BCUT2D eigenvalue weighted by molar-refractivity contribution is 5.87. The van der Waals surface area contributed by atoms with Gasteiger partial charge in [-0.15, -0.1) is 0 Å². The average molecular weight is 253 g/mol. The maximum absolute atomic E-state index is 12.2. The lowest BCUT2D eigenvalue weighted by Gasteiger charge is -2.44. The Morgan fingerprint density at radius 2 is 2.06 bits per heavy atom. The van der Waals surface area contributed by atoms with Crippen molar-refractivity contribution in [1.82, 2.24) is 15.8 Å². The monoisotopic (exact) mass is 253 g/mol. The lowest BCUT2D eigenvalue weighted by atomic mass is 9.73. The van der Waals surface area contributed by atoms with Crippen LogP contribution in [0.15, 0.2) is 0 Å². The van der Waals surface area contributed by atoms with E-state index in [0.717, 1.165) is 25.7 Å². The topological polar surface area (TPSA) is 61.4 Å². The van der Waals surface area contributed by atoms with E-state index in [1.807, 2.05) is 13.8 Å². The van der Waals surface area contributed by atoms with E-state index < -0.39 is 0 Å². The fourth-order valence-corrected chi connectivity index (χ4v) is 3.11. The molecule has 1 aliphatic carbocycles. The quantitative estimate of drug-likeness (QED) is 0.760. The third-order valence-corrected chi connectivity index (χ3v) is 3.94. The summed E-state index contributed by atoms with van der Waals surface area (Å²) in [4.78, 5) is 24.3. The van der Waals surface area contributed by atoms with E-state index in [1.165, 1.54) is 5.01 Å². The summed E-state index contributed by atoms with van der Waals surface area (Å²) in [5, 5.41) is 4.44. The molecule has 0 spiro atoms. The molecule has 5 nitrogen and oxygen atoms in total. The van der Waals surface area contributed by atoms with Gasteiger partial charge >= 0.3 is 0 Å². The van der Waals surface area contributed by atoms with E-state index in [1.54, 1.807) is 7.05 Å². The number of carbonyl (C=O) groups excluding carboxylic acids is 2. The van der Waals surface area contributed by atoms with E-state index in [2.05, 4.69) is 10.7 Å². The molecule has 0 radical (unpaired) electrons. The Morgan fingerprint density at radius 1 is 1.39 bits per heavy atom. The molecule has 1 saturated heterocycles. The van der Waals surface area contributed by atoms with Gasteiger partial charge in [-0.25, -0.2) is 5.43 Å². The van der Waals surface area contributed by atoms with Gasteiger partial charge in [-0.2, -0.15) is 0 Å². The van der Waals surface area contributed by atoms with Crippen LogP contribution in [0, 0.1) is 11.8 Å². The van der Waals surface area contributed by atoms with Gasteiger partial charge in [-0.05, 0) is 32.6 Å². The van der Waals surface area contributed by atoms with E-state index in [9.17, 15) is 9.59 Å². The zero-order valence-electron chi connectivity index (χ0n) is 11.4. The summed E-state index contributed by atoms with van der Waals surface area (Å²) in [6, 6.07) is -0.135. The van der Waals surface area contributed by atoms with Crippen molar-refractivity contribution in [2.24, 2.45) is 11.8 Å². The first-order valence-electron chi connectivity index (χ1n) is 6.85. The highest BCUT2D eigenvalue weighted by Crippen LogP contribution is 2.36. The lowest BCUT2D eigenvalue weighted by Crippen LogP contribution is -2.64. The predicted molar refractivity (Wildman–Crippen MR) is 68.4 cm³/mol. The van der Waals surface area contributed by atoms with Gasteiger partial charge in [0.1, 0.15) is 6.04 Å². The molecule has 3 atom stereocenters. The third-order valence-electron chi connectivity index (χ3n) is 3.94. The summed E-state index contributed by atoms with van der Waals surface area (Å²) in [5.74, 6) is 0.323. The number of amides is 2. The first-order valence-corrected chi connectivity index (χ1v) is 6.85. The molecule has 0 bridgehead atoms. The van der Waals surface area contributed by atoms with Crippen LogP contribution in [0.25, 0.3) is 0 Å². The molecule has 0 aromatic carbocycles. The largest absolute Gasteiger partial charge is 0.353 e. The molecule has 1 heterocycles. The summed E-state index contributed by atoms with van der Waals surface area (Å²) in [6.07, 6.45) is 4.10. The normalized spacial score (nSPS) is 32.3. The molecule has 2 rings (SSSR count). The molecule has 102 valence electrons. The fraction of sp³-hybridized carbons (Fsp3) is 0.846. The molecule has 3 unspecified atom stereocenters. The second kappa shape index (κ2) is 5.26. The Bertz CT molecular complexity index is 343. The fourth-order valence-electron chi connectivity index (χ4n) is 3.11. The Hall–Kier alpha value is -1.10. The van der Waals surface area contributed by atoms with E-state index in [0.29, 0.717) is 0 Å². The van der Waals surface area contributed by atoms with Crippen LogP contribution in [-0.2, 0) is 9.59 Å². The number of fused-ring (bicyclic) bond motifs is 1. The van der Waals surface area contributed by atoms with Crippen molar-refractivity contribution >= 4 is 11.8 Å². The second-order valence-corrected chi connectivity index (χ2v) is 5.72. The summed E-state index contributed by atoms with van der Waals surface area (Å²) >= 11 is 0. The van der Waals surface area contributed by atoms with Gasteiger partial charge in [-0.1, -0.05) is 12.8 Å². The van der Waals surface area contributed by atoms with E-state index >= 15 is 0 Å². The summed E-state index contributed by atoms with van der Waals surface area (Å²) in [7, 11) is 1.71. The number of hydrogen-bond acceptors (Lipinski definition) is 3. The molecule has 2 N–H and O–H groups in total. The number of hydrogen-bond donors (Lipinski definition) is 2. The number of hydrazine groups is 1. The Balaban J connectivity index is 2.13. The number of nitrogens with zero attached hydrogens (tertiary/aromatic N) is 1. The van der Waals surface area contributed by atoms with Crippen LogP contribution in [0.2, 0.25) is 0 Å². The first-order chi connectivity index (χ1) is 8.50. The molecule has 1 saturated carbocycles. The van der Waals surface area contributed by atoms with Crippen molar-refractivity contribution in [3.8, 4) is 0 Å². The summed E-state index contributed by atoms with van der Waals surface area (Å²) in [5.41, 5.74) is 3.04. The van der Waals surface area contributed by atoms with Gasteiger partial charge < -0.3 is 5.32 Å². The van der Waals surface area contributed by atoms with Gasteiger partial charge in [0.05, 0.1) is 0 Å². The van der Waals surface area contributed by atoms with Crippen LogP contribution in [0.3, 0.4) is 0 Å². The molecule has 5 heteroatoms. The van der Waals surface area contributed by atoms with Gasteiger partial charge in [0.25, 0.3) is 0 Å².